The molecule has 10 heteroatoms. The Morgan fingerprint density at radius 2 is 1.66 bits per heavy atom. The van der Waals surface area contributed by atoms with E-state index < -0.39 is 0 Å². The van der Waals surface area contributed by atoms with Crippen LogP contribution in [-0.4, -0.2) is 22.7 Å². The smallest absolute Gasteiger partial charge is 0.362 e. The molecule has 0 saturated carbocycles. The van der Waals surface area contributed by atoms with Gasteiger partial charge in [-0.1, -0.05) is 9.13 Å². The number of unbranched alkanes of at least 4 members (excludes halogenated alkanes) is 2. The normalized spacial score (nSPS) is 19.6. The second-order valence-corrected chi connectivity index (χ2v) is 10.2. The summed E-state index contributed by atoms with van der Waals surface area (Å²) < 4.78 is 10.7. The number of pyridine rings is 2. The standard InChI is InChI=1S/C25H30N6O2S2/c26-32-33-35-23-12-10-20(11-13-23)28-24(34)27-14-4-1-7-17-31-18-21-8-2-5-15-29(21)25(31)30-16-6-3-9-22(30)19-31/h2-3,5-6,8-13,15-16,25H,1,4,7,14,17-19,26H2,(H-,27,28,34)/q+2/p+1. The molecule has 1 aromatic carbocycles. The fourth-order valence-electron chi connectivity index (χ4n) is 5.26. The van der Waals surface area contributed by atoms with Crippen LogP contribution in [0.3, 0.4) is 0 Å². The van der Waals surface area contributed by atoms with E-state index in [0.717, 1.165) is 53.2 Å². The SMILES string of the molecule is NOOSc1ccc(NC(=S)NCCCCC[N+]23Cc4cccc[n+]4C2[n+]2ccccc2C3)cc1. The molecule has 0 radical (unpaired) electrons. The molecule has 2 aliphatic rings. The van der Waals surface area contributed by atoms with Crippen LogP contribution in [0, 0.1) is 0 Å². The lowest BCUT2D eigenvalue weighted by molar-refractivity contribution is -1.16. The first-order chi connectivity index (χ1) is 17.2. The van der Waals surface area contributed by atoms with Gasteiger partial charge in [-0.2, -0.15) is 10.4 Å². The van der Waals surface area contributed by atoms with Gasteiger partial charge in [0.05, 0.1) is 18.6 Å². The number of hydrogen-bond acceptors (Lipinski definition) is 5. The lowest BCUT2D eigenvalue weighted by atomic mass is 10.2. The lowest BCUT2D eigenvalue weighted by Crippen LogP contribution is -2.62. The Kier molecular flexibility index (Phi) is 7.57. The summed E-state index contributed by atoms with van der Waals surface area (Å²) in [4.78, 5) is 4.99. The van der Waals surface area contributed by atoms with Crippen molar-refractivity contribution in [2.45, 2.75) is 43.5 Å². The number of nitrogens with zero attached hydrogens (tertiary/aromatic N) is 3. The summed E-state index contributed by atoms with van der Waals surface area (Å²) in [7, 11) is 0. The summed E-state index contributed by atoms with van der Waals surface area (Å²) in [5.74, 6) is 4.86. The van der Waals surface area contributed by atoms with Crippen molar-refractivity contribution >= 4 is 35.1 Å². The fourth-order valence-corrected chi connectivity index (χ4v) is 5.84. The summed E-state index contributed by atoms with van der Waals surface area (Å²) >= 11 is 6.50. The van der Waals surface area contributed by atoms with Crippen LogP contribution >= 0.6 is 24.3 Å². The van der Waals surface area contributed by atoms with E-state index in [-0.39, 0.29) is 0 Å². The van der Waals surface area contributed by atoms with Crippen LogP contribution in [0.5, 0.6) is 0 Å². The van der Waals surface area contributed by atoms with Gasteiger partial charge in [-0.3, -0.25) is 0 Å². The first kappa shape index (κ1) is 24.1. The third-order valence-corrected chi connectivity index (χ3v) is 7.60. The molecule has 0 atom stereocenters. The molecule has 0 aliphatic carbocycles. The van der Waals surface area contributed by atoms with E-state index in [1.807, 2.05) is 24.3 Å². The van der Waals surface area contributed by atoms with E-state index in [4.69, 9.17) is 18.1 Å². The molecule has 5 rings (SSSR count). The highest BCUT2D eigenvalue weighted by atomic mass is 32.2. The fraction of sp³-hybridized carbons (Fsp3) is 0.320. The largest absolute Gasteiger partial charge is 0.484 e. The molecular formula is C25H31N6O2S2+3. The van der Waals surface area contributed by atoms with Crippen molar-refractivity contribution in [2.24, 2.45) is 5.90 Å². The zero-order valence-corrected chi connectivity index (χ0v) is 21.1. The number of hydrogen-bond donors (Lipinski definition) is 3. The van der Waals surface area contributed by atoms with Crippen molar-refractivity contribution in [1.29, 1.82) is 0 Å². The second kappa shape index (κ2) is 11.0. The minimum atomic E-state index is 0.330. The van der Waals surface area contributed by atoms with Crippen LogP contribution in [-0.2, 0) is 22.4 Å². The number of benzene rings is 1. The minimum absolute atomic E-state index is 0.330. The molecule has 0 fully saturated rings. The van der Waals surface area contributed by atoms with Crippen LogP contribution in [0.1, 0.15) is 36.9 Å². The van der Waals surface area contributed by atoms with Gasteiger partial charge in [0.15, 0.2) is 30.6 Å². The Bertz CT molecular complexity index is 1130. The van der Waals surface area contributed by atoms with E-state index in [9.17, 15) is 0 Å². The quantitative estimate of drug-likeness (QED) is 0.0735. The maximum Gasteiger partial charge on any atom is 0.484 e. The Labute approximate surface area is 215 Å². The molecule has 0 saturated heterocycles. The molecule has 3 aromatic rings. The Morgan fingerprint density at radius 3 is 2.31 bits per heavy atom. The van der Waals surface area contributed by atoms with Crippen molar-refractivity contribution < 1.29 is 22.9 Å². The highest BCUT2D eigenvalue weighted by molar-refractivity contribution is 7.94. The molecule has 0 spiro atoms. The third-order valence-electron chi connectivity index (χ3n) is 6.74. The van der Waals surface area contributed by atoms with Crippen molar-refractivity contribution in [3.63, 3.8) is 0 Å². The Morgan fingerprint density at radius 1 is 0.971 bits per heavy atom. The zero-order valence-electron chi connectivity index (χ0n) is 19.5. The zero-order chi connectivity index (χ0) is 24.1. The van der Waals surface area contributed by atoms with Gasteiger partial charge in [-0.05, 0) is 67.9 Å². The summed E-state index contributed by atoms with van der Waals surface area (Å²) in [6.45, 7) is 4.19. The van der Waals surface area contributed by atoms with Gasteiger partial charge in [0.1, 0.15) is 0 Å². The van der Waals surface area contributed by atoms with E-state index in [2.05, 4.69) is 77.9 Å². The van der Waals surface area contributed by atoms with Gasteiger partial charge in [0.25, 0.3) is 0 Å². The molecule has 8 nitrogen and oxygen atoms in total. The Hall–Kier alpha value is -2.60. The molecular weight excluding hydrogens is 480 g/mol. The number of nitrogens with one attached hydrogen (secondary N) is 2. The summed E-state index contributed by atoms with van der Waals surface area (Å²) in [6, 6.07) is 20.8. The van der Waals surface area contributed by atoms with Crippen LogP contribution in [0.2, 0.25) is 0 Å². The summed E-state index contributed by atoms with van der Waals surface area (Å²) in [5, 5.41) is 7.17. The van der Waals surface area contributed by atoms with Gasteiger partial charge in [-0.25, -0.2) is 0 Å². The van der Waals surface area contributed by atoms with Crippen molar-refractivity contribution in [3.8, 4) is 0 Å². The van der Waals surface area contributed by atoms with E-state index in [0.29, 0.717) is 11.4 Å². The topological polar surface area (TPSA) is 76.3 Å². The predicted molar refractivity (Wildman–Crippen MR) is 137 cm³/mol. The molecule has 0 bridgehead atoms. The molecule has 2 aromatic heterocycles. The van der Waals surface area contributed by atoms with Crippen LogP contribution in [0.25, 0.3) is 0 Å². The highest BCUT2D eigenvalue weighted by Crippen LogP contribution is 2.34. The maximum absolute atomic E-state index is 5.45. The number of nitrogens with two attached hydrogens (primary N) is 1. The molecule has 2 aliphatic heterocycles. The van der Waals surface area contributed by atoms with E-state index in [1.54, 1.807) is 0 Å². The van der Waals surface area contributed by atoms with E-state index >= 15 is 0 Å². The molecule has 4 heterocycles. The van der Waals surface area contributed by atoms with Gasteiger partial charge in [0, 0.05) is 41.4 Å². The number of aromatic nitrogens is 2. The number of anilines is 1. The van der Waals surface area contributed by atoms with Crippen molar-refractivity contribution in [1.82, 2.24) is 5.32 Å². The lowest BCUT2D eigenvalue weighted by Gasteiger charge is -2.24. The summed E-state index contributed by atoms with van der Waals surface area (Å²) in [6.07, 6.45) is 8.24. The molecule has 182 valence electrons. The van der Waals surface area contributed by atoms with Gasteiger partial charge in [-0.15, -0.1) is 9.32 Å². The number of quaternary nitrogens is 1. The van der Waals surface area contributed by atoms with E-state index in [1.165, 1.54) is 30.8 Å². The second-order valence-electron chi connectivity index (χ2n) is 9.02. The monoisotopic (exact) mass is 511 g/mol. The van der Waals surface area contributed by atoms with Crippen molar-refractivity contribution in [3.05, 3.63) is 84.4 Å². The van der Waals surface area contributed by atoms with Crippen LogP contribution in [0.15, 0.2) is 78.0 Å². The molecule has 0 amide bonds. The first-order valence-electron chi connectivity index (χ1n) is 11.9. The average molecular weight is 512 g/mol. The maximum atomic E-state index is 5.45. The van der Waals surface area contributed by atoms with Crippen LogP contribution in [0.4, 0.5) is 5.69 Å². The van der Waals surface area contributed by atoms with Gasteiger partial charge < -0.3 is 10.6 Å². The third kappa shape index (κ3) is 5.32. The molecule has 35 heavy (non-hydrogen) atoms. The number of rotatable bonds is 10. The number of fused-ring (bicyclic) bond motifs is 5. The first-order valence-corrected chi connectivity index (χ1v) is 13.0. The Balaban J connectivity index is 1.08. The number of thiocarbonyl (C=S) groups is 1. The van der Waals surface area contributed by atoms with Crippen LogP contribution < -0.4 is 25.7 Å². The summed E-state index contributed by atoms with van der Waals surface area (Å²) in [5.41, 5.74) is 3.76. The average Bonchev–Trinajstić information content (AvgIpc) is 3.36. The van der Waals surface area contributed by atoms with Gasteiger partial charge in [0.2, 0.25) is 11.4 Å². The highest BCUT2D eigenvalue weighted by Gasteiger charge is 2.63. The van der Waals surface area contributed by atoms with Gasteiger partial charge >= 0.3 is 6.29 Å². The van der Waals surface area contributed by atoms with Crippen molar-refractivity contribution in [2.75, 3.05) is 18.4 Å². The predicted octanol–water partition coefficient (Wildman–Crippen LogP) is 3.10. The minimum Gasteiger partial charge on any atom is -0.362 e. The molecule has 0 unspecified atom stereocenters. The molecule has 4 N–H and O–H groups in total.